The van der Waals surface area contributed by atoms with Crippen molar-refractivity contribution in [2.75, 3.05) is 13.1 Å². The van der Waals surface area contributed by atoms with Gasteiger partial charge in [0.05, 0.1) is 13.0 Å². The van der Waals surface area contributed by atoms with E-state index in [9.17, 15) is 19.5 Å². The van der Waals surface area contributed by atoms with Gasteiger partial charge < -0.3 is 15.3 Å². The van der Waals surface area contributed by atoms with Crippen LogP contribution in [0.2, 0.25) is 0 Å². The van der Waals surface area contributed by atoms with Gasteiger partial charge in [0, 0.05) is 34.0 Å². The van der Waals surface area contributed by atoms with Crippen molar-refractivity contribution in [2.24, 2.45) is 0 Å². The van der Waals surface area contributed by atoms with Crippen LogP contribution in [-0.2, 0) is 17.8 Å². The fourth-order valence-electron chi connectivity index (χ4n) is 3.91. The van der Waals surface area contributed by atoms with Crippen molar-refractivity contribution in [3.63, 3.8) is 0 Å². The Bertz CT molecular complexity index is 1320. The minimum Gasteiger partial charge on any atom is -0.481 e. The van der Waals surface area contributed by atoms with Crippen LogP contribution in [0.25, 0.3) is 11.1 Å². The Kier molecular flexibility index (Phi) is 8.65. The van der Waals surface area contributed by atoms with E-state index >= 15 is 0 Å². The molecule has 4 rings (SSSR count). The molecule has 6 nitrogen and oxygen atoms in total. The fraction of sp³-hybridized carbons (Fsp3) is 0.179. The molecular weight excluding hydrogens is 492 g/mol. The standard InChI is InChI=1S/C28H26N2O4S2/c31-26(32)14-16-30(15-13-20-7-5-17-35-20)28(34)25-12-4-2-10-23(25)22-9-1-3-11-24(22)27(33)29-19-21-8-6-18-36-21/h1-12,17-18H,13-16,19H2,(H,29,33)(H,31,32). The van der Waals surface area contributed by atoms with Crippen molar-refractivity contribution in [2.45, 2.75) is 19.4 Å². The summed E-state index contributed by atoms with van der Waals surface area (Å²) in [4.78, 5) is 41.8. The number of thiophene rings is 2. The maximum Gasteiger partial charge on any atom is 0.305 e. The third-order valence-corrected chi connectivity index (χ3v) is 7.53. The van der Waals surface area contributed by atoms with Crippen molar-refractivity contribution in [1.82, 2.24) is 10.2 Å². The van der Waals surface area contributed by atoms with Crippen molar-refractivity contribution in [3.05, 3.63) is 104 Å². The van der Waals surface area contributed by atoms with Crippen LogP contribution in [0.4, 0.5) is 0 Å². The average molecular weight is 519 g/mol. The van der Waals surface area contributed by atoms with Crippen molar-refractivity contribution in [1.29, 1.82) is 0 Å². The van der Waals surface area contributed by atoms with E-state index in [1.54, 1.807) is 51.8 Å². The summed E-state index contributed by atoms with van der Waals surface area (Å²) in [5, 5.41) is 16.1. The minimum atomic E-state index is -0.954. The van der Waals surface area contributed by atoms with Gasteiger partial charge in [0.15, 0.2) is 0 Å². The van der Waals surface area contributed by atoms with Crippen LogP contribution in [-0.4, -0.2) is 40.9 Å². The summed E-state index contributed by atoms with van der Waals surface area (Å²) in [6.07, 6.45) is 0.507. The number of carbonyl (C=O) groups excluding carboxylic acids is 2. The van der Waals surface area contributed by atoms with Crippen molar-refractivity contribution < 1.29 is 19.5 Å². The first kappa shape index (κ1) is 25.3. The molecule has 0 unspecified atom stereocenters. The summed E-state index contributed by atoms with van der Waals surface area (Å²) in [6, 6.07) is 22.3. The summed E-state index contributed by atoms with van der Waals surface area (Å²) in [6.45, 7) is 0.942. The number of amides is 2. The summed E-state index contributed by atoms with van der Waals surface area (Å²) < 4.78 is 0. The van der Waals surface area contributed by atoms with Gasteiger partial charge in [0.25, 0.3) is 11.8 Å². The molecule has 0 aliphatic rings. The minimum absolute atomic E-state index is 0.108. The Balaban J connectivity index is 1.61. The molecule has 8 heteroatoms. The monoisotopic (exact) mass is 518 g/mol. The lowest BCUT2D eigenvalue weighted by molar-refractivity contribution is -0.137. The molecule has 0 atom stereocenters. The molecule has 0 fully saturated rings. The topological polar surface area (TPSA) is 86.7 Å². The number of nitrogens with one attached hydrogen (secondary N) is 1. The first-order valence-corrected chi connectivity index (χ1v) is 13.3. The Morgan fingerprint density at radius 3 is 2.00 bits per heavy atom. The molecule has 184 valence electrons. The predicted molar refractivity (Wildman–Crippen MR) is 144 cm³/mol. The van der Waals surface area contributed by atoms with Gasteiger partial charge >= 0.3 is 5.97 Å². The summed E-state index contributed by atoms with van der Waals surface area (Å²) in [5.41, 5.74) is 2.21. The summed E-state index contributed by atoms with van der Waals surface area (Å²) in [7, 11) is 0. The molecule has 0 aliphatic heterocycles. The lowest BCUT2D eigenvalue weighted by Crippen LogP contribution is -2.35. The van der Waals surface area contributed by atoms with Crippen LogP contribution in [0, 0.1) is 0 Å². The van der Waals surface area contributed by atoms with E-state index in [1.807, 2.05) is 59.3 Å². The number of nitrogens with zero attached hydrogens (tertiary/aromatic N) is 1. The van der Waals surface area contributed by atoms with Gasteiger partial charge in [-0.2, -0.15) is 0 Å². The molecule has 0 aliphatic carbocycles. The highest BCUT2D eigenvalue weighted by Crippen LogP contribution is 2.28. The van der Waals surface area contributed by atoms with E-state index < -0.39 is 5.97 Å². The molecule has 2 aromatic carbocycles. The zero-order valence-electron chi connectivity index (χ0n) is 19.6. The van der Waals surface area contributed by atoms with Crippen LogP contribution < -0.4 is 5.32 Å². The van der Waals surface area contributed by atoms with E-state index in [4.69, 9.17) is 0 Å². The van der Waals surface area contributed by atoms with E-state index in [2.05, 4.69) is 5.32 Å². The van der Waals surface area contributed by atoms with Crippen molar-refractivity contribution in [3.8, 4) is 11.1 Å². The maximum atomic E-state index is 13.7. The molecule has 4 aromatic rings. The number of aliphatic carboxylic acids is 1. The Hall–Kier alpha value is -3.75. The number of carboxylic acids is 1. The highest BCUT2D eigenvalue weighted by atomic mass is 32.1. The van der Waals surface area contributed by atoms with Gasteiger partial charge in [0.2, 0.25) is 0 Å². The maximum absolute atomic E-state index is 13.7. The Morgan fingerprint density at radius 2 is 1.36 bits per heavy atom. The number of hydrogen-bond acceptors (Lipinski definition) is 5. The normalized spacial score (nSPS) is 10.7. The SMILES string of the molecule is O=C(O)CCN(CCc1cccs1)C(=O)c1ccccc1-c1ccccc1C(=O)NCc1cccs1. The molecule has 2 heterocycles. The van der Waals surface area contributed by atoms with Crippen LogP contribution in [0.5, 0.6) is 0 Å². The second-order valence-corrected chi connectivity index (χ2v) is 10.2. The van der Waals surface area contributed by atoms with Gasteiger partial charge in [-0.25, -0.2) is 0 Å². The lowest BCUT2D eigenvalue weighted by Gasteiger charge is -2.23. The Morgan fingerprint density at radius 1 is 0.750 bits per heavy atom. The smallest absolute Gasteiger partial charge is 0.305 e. The fourth-order valence-corrected chi connectivity index (χ4v) is 5.25. The molecule has 2 N–H and O–H groups in total. The van der Waals surface area contributed by atoms with Crippen molar-refractivity contribution >= 4 is 40.5 Å². The van der Waals surface area contributed by atoms with Crippen LogP contribution >= 0.6 is 22.7 Å². The molecule has 0 radical (unpaired) electrons. The van der Waals surface area contributed by atoms with Gasteiger partial charge in [-0.3, -0.25) is 14.4 Å². The lowest BCUT2D eigenvalue weighted by atomic mass is 9.94. The molecule has 2 aromatic heterocycles. The number of carboxylic acid groups (broad SMARTS) is 1. The molecule has 2 amide bonds. The quantitative estimate of drug-likeness (QED) is 0.272. The third kappa shape index (κ3) is 6.47. The van der Waals surface area contributed by atoms with E-state index in [0.29, 0.717) is 41.8 Å². The van der Waals surface area contributed by atoms with E-state index in [1.165, 1.54) is 0 Å². The second kappa shape index (κ2) is 12.3. The van der Waals surface area contributed by atoms with E-state index in [-0.39, 0.29) is 24.8 Å². The molecular formula is C28H26N2O4S2. The molecule has 0 saturated heterocycles. The third-order valence-electron chi connectivity index (χ3n) is 5.71. The molecule has 0 spiro atoms. The number of rotatable bonds is 11. The zero-order chi connectivity index (χ0) is 25.3. The summed E-state index contributed by atoms with van der Waals surface area (Å²) in [5.74, 6) is -1.43. The zero-order valence-corrected chi connectivity index (χ0v) is 21.2. The first-order valence-electron chi connectivity index (χ1n) is 11.6. The highest BCUT2D eigenvalue weighted by molar-refractivity contribution is 7.10. The summed E-state index contributed by atoms with van der Waals surface area (Å²) >= 11 is 3.18. The largest absolute Gasteiger partial charge is 0.481 e. The van der Waals surface area contributed by atoms with Gasteiger partial charge in [-0.1, -0.05) is 48.5 Å². The molecule has 0 saturated carbocycles. The van der Waals surface area contributed by atoms with Gasteiger partial charge in [0.1, 0.15) is 0 Å². The van der Waals surface area contributed by atoms with Crippen LogP contribution in [0.3, 0.4) is 0 Å². The van der Waals surface area contributed by atoms with Gasteiger partial charge in [-0.15, -0.1) is 22.7 Å². The van der Waals surface area contributed by atoms with E-state index in [0.717, 1.165) is 9.75 Å². The number of benzene rings is 2. The predicted octanol–water partition coefficient (Wildman–Crippen LogP) is 5.57. The van der Waals surface area contributed by atoms with Crippen LogP contribution in [0.15, 0.2) is 83.6 Å². The molecule has 36 heavy (non-hydrogen) atoms. The second-order valence-electron chi connectivity index (χ2n) is 8.12. The number of hydrogen-bond donors (Lipinski definition) is 2. The van der Waals surface area contributed by atoms with Gasteiger partial charge in [-0.05, 0) is 52.6 Å². The number of carbonyl (C=O) groups is 3. The average Bonchev–Trinajstić information content (AvgIpc) is 3.61. The van der Waals surface area contributed by atoms with Crippen LogP contribution in [0.1, 0.15) is 36.9 Å². The highest BCUT2D eigenvalue weighted by Gasteiger charge is 2.22. The molecule has 0 bridgehead atoms. The first-order chi connectivity index (χ1) is 17.5. The Labute approximate surface area is 217 Å².